The van der Waals surface area contributed by atoms with Gasteiger partial charge in [-0.25, -0.2) is 4.79 Å². The van der Waals surface area contributed by atoms with Crippen LogP contribution in [-0.4, -0.2) is 13.1 Å². The van der Waals surface area contributed by atoms with Crippen molar-refractivity contribution in [2.75, 3.05) is 7.11 Å². The Balaban J connectivity index is 0.000000255. The van der Waals surface area contributed by atoms with Gasteiger partial charge in [-0.05, 0) is 13.8 Å². The fraction of sp³-hybridized carbons (Fsp3) is 0.250. The van der Waals surface area contributed by atoms with Crippen molar-refractivity contribution in [2.24, 2.45) is 0 Å². The smallest absolute Gasteiger partial charge is 0.329 e. The van der Waals surface area contributed by atoms with E-state index in [9.17, 15) is 4.79 Å². The molecule has 0 saturated heterocycles. The van der Waals surface area contributed by atoms with Crippen LogP contribution < -0.4 is 0 Å². The van der Waals surface area contributed by atoms with Crippen molar-refractivity contribution in [1.82, 2.24) is 0 Å². The van der Waals surface area contributed by atoms with E-state index in [1.807, 2.05) is 0 Å². The molecule has 0 radical (unpaired) electrons. The van der Waals surface area contributed by atoms with Gasteiger partial charge in [-0.2, -0.15) is 0 Å². The minimum Gasteiger partial charge on any atom is -0.466 e. The van der Waals surface area contributed by atoms with Gasteiger partial charge in [0.1, 0.15) is 0 Å². The highest BCUT2D eigenvalue weighted by Gasteiger charge is 1.82. The molecule has 0 bridgehead atoms. The summed E-state index contributed by atoms with van der Waals surface area (Å²) in [4.78, 5) is 9.84. The van der Waals surface area contributed by atoms with Gasteiger partial charge >= 0.3 is 5.97 Å². The zero-order chi connectivity index (χ0) is 11.0. The molecule has 0 aromatic heterocycles. The third kappa shape index (κ3) is 6.00. The summed E-state index contributed by atoms with van der Waals surface area (Å²) in [7, 11) is 1.31. The van der Waals surface area contributed by atoms with Crippen molar-refractivity contribution in [2.45, 2.75) is 13.8 Å². The highest BCUT2D eigenvalue weighted by molar-refractivity contribution is 5.80. The first-order chi connectivity index (χ1) is 6.60. The summed E-state index contributed by atoms with van der Waals surface area (Å²) in [6, 6.07) is 8.48. The van der Waals surface area contributed by atoms with Gasteiger partial charge in [0.25, 0.3) is 0 Å². The lowest BCUT2D eigenvalue weighted by Crippen LogP contribution is -1.91. The highest BCUT2D eigenvalue weighted by atomic mass is 16.5. The minimum atomic E-state index is -0.394. The van der Waals surface area contributed by atoms with Crippen LogP contribution in [0.25, 0.3) is 0 Å². The first kappa shape index (κ1) is 12.4. The Morgan fingerprint density at radius 1 is 1.21 bits per heavy atom. The number of methoxy groups -OCH3 is 1. The molecule has 1 aromatic carbocycles. The third-order valence-electron chi connectivity index (χ3n) is 1.59. The van der Waals surface area contributed by atoms with Crippen molar-refractivity contribution in [1.29, 1.82) is 0 Å². The maximum atomic E-state index is 9.84. The first-order valence-corrected chi connectivity index (χ1v) is 4.33. The van der Waals surface area contributed by atoms with E-state index in [1.165, 1.54) is 18.2 Å². The molecule has 2 heteroatoms. The van der Waals surface area contributed by atoms with E-state index in [0.717, 1.165) is 6.08 Å². The van der Waals surface area contributed by atoms with Crippen LogP contribution in [0.5, 0.6) is 0 Å². The standard InChI is InChI=1S/C8H10.C4H6O2/c1-7-3-5-8(2)6-4-7;1-3-4(5)6-2/h3-6H,1-2H3;3H,1H2,2H3. The van der Waals surface area contributed by atoms with E-state index in [2.05, 4.69) is 49.4 Å². The number of rotatable bonds is 1. The van der Waals surface area contributed by atoms with Crippen molar-refractivity contribution in [3.63, 3.8) is 0 Å². The molecule has 1 aromatic rings. The third-order valence-corrected chi connectivity index (χ3v) is 1.59. The van der Waals surface area contributed by atoms with Crippen LogP contribution in [0.4, 0.5) is 0 Å². The highest BCUT2D eigenvalue weighted by Crippen LogP contribution is 1.99. The van der Waals surface area contributed by atoms with Crippen LogP contribution in [0.1, 0.15) is 11.1 Å². The molecule has 0 aliphatic rings. The maximum Gasteiger partial charge on any atom is 0.329 e. The monoisotopic (exact) mass is 192 g/mol. The molecule has 2 nitrogen and oxygen atoms in total. The number of carbonyl (C=O) groups excluding carboxylic acids is 1. The predicted octanol–water partition coefficient (Wildman–Crippen LogP) is 2.65. The second-order valence-electron chi connectivity index (χ2n) is 2.88. The summed E-state index contributed by atoms with van der Waals surface area (Å²) in [5, 5.41) is 0. The quantitative estimate of drug-likeness (QED) is 0.505. The second kappa shape index (κ2) is 6.89. The molecule has 0 saturated carbocycles. The van der Waals surface area contributed by atoms with Gasteiger partial charge in [-0.15, -0.1) is 0 Å². The summed E-state index contributed by atoms with van der Waals surface area (Å²) in [5.41, 5.74) is 2.66. The van der Waals surface area contributed by atoms with Gasteiger partial charge in [0.2, 0.25) is 0 Å². The topological polar surface area (TPSA) is 26.3 Å². The van der Waals surface area contributed by atoms with Gasteiger partial charge < -0.3 is 4.74 Å². The molecule has 0 N–H and O–H groups in total. The van der Waals surface area contributed by atoms with E-state index in [-0.39, 0.29) is 0 Å². The molecular formula is C12H16O2. The van der Waals surface area contributed by atoms with Crippen LogP contribution in [0.3, 0.4) is 0 Å². The number of carbonyl (C=O) groups is 1. The normalized spacial score (nSPS) is 8.21. The van der Waals surface area contributed by atoms with Gasteiger partial charge in [-0.1, -0.05) is 42.0 Å². The van der Waals surface area contributed by atoms with Crippen LogP contribution >= 0.6 is 0 Å². The van der Waals surface area contributed by atoms with E-state index in [0.29, 0.717) is 0 Å². The Kier molecular flexibility index (Phi) is 6.12. The molecule has 0 atom stereocenters. The number of hydrogen-bond acceptors (Lipinski definition) is 2. The SMILES string of the molecule is C=CC(=O)OC.Cc1ccc(C)cc1. The van der Waals surface area contributed by atoms with Gasteiger partial charge in [0, 0.05) is 6.08 Å². The molecule has 0 unspecified atom stereocenters. The summed E-state index contributed by atoms with van der Waals surface area (Å²) >= 11 is 0. The second-order valence-corrected chi connectivity index (χ2v) is 2.88. The number of esters is 1. The maximum absolute atomic E-state index is 9.84. The van der Waals surface area contributed by atoms with Gasteiger partial charge in [0.05, 0.1) is 7.11 Å². The molecule has 0 aliphatic heterocycles. The Morgan fingerprint density at radius 3 is 1.71 bits per heavy atom. The Morgan fingerprint density at radius 2 is 1.57 bits per heavy atom. The van der Waals surface area contributed by atoms with Crippen LogP contribution in [0, 0.1) is 13.8 Å². The average molecular weight is 192 g/mol. The summed E-state index contributed by atoms with van der Waals surface area (Å²) in [5.74, 6) is -0.394. The lowest BCUT2D eigenvalue weighted by molar-refractivity contribution is -0.134. The Hall–Kier alpha value is -1.57. The van der Waals surface area contributed by atoms with Crippen molar-refractivity contribution in [3.8, 4) is 0 Å². The van der Waals surface area contributed by atoms with Gasteiger partial charge in [-0.3, -0.25) is 0 Å². The molecule has 0 spiro atoms. The van der Waals surface area contributed by atoms with Crippen LogP contribution in [0.15, 0.2) is 36.9 Å². The Labute approximate surface area is 85.2 Å². The largest absolute Gasteiger partial charge is 0.466 e. The summed E-state index contributed by atoms with van der Waals surface area (Å²) in [6.07, 6.45) is 1.11. The average Bonchev–Trinajstić information content (AvgIpc) is 2.22. The molecule has 0 fully saturated rings. The Bertz CT molecular complexity index is 265. The van der Waals surface area contributed by atoms with E-state index < -0.39 is 5.97 Å². The van der Waals surface area contributed by atoms with Gasteiger partial charge in [0.15, 0.2) is 0 Å². The van der Waals surface area contributed by atoms with E-state index in [4.69, 9.17) is 0 Å². The fourth-order valence-electron chi connectivity index (χ4n) is 0.720. The van der Waals surface area contributed by atoms with Crippen molar-refractivity contribution in [3.05, 3.63) is 48.0 Å². The minimum absolute atomic E-state index is 0.394. The number of aryl methyl sites for hydroxylation is 2. The van der Waals surface area contributed by atoms with Crippen LogP contribution in [-0.2, 0) is 9.53 Å². The van der Waals surface area contributed by atoms with E-state index in [1.54, 1.807) is 0 Å². The molecule has 14 heavy (non-hydrogen) atoms. The number of benzene rings is 1. The molecular weight excluding hydrogens is 176 g/mol. The van der Waals surface area contributed by atoms with E-state index >= 15 is 0 Å². The first-order valence-electron chi connectivity index (χ1n) is 4.33. The lowest BCUT2D eigenvalue weighted by atomic mass is 10.2. The zero-order valence-electron chi connectivity index (χ0n) is 8.91. The fourth-order valence-corrected chi connectivity index (χ4v) is 0.720. The predicted molar refractivity (Wildman–Crippen MR) is 58.1 cm³/mol. The van der Waals surface area contributed by atoms with Crippen molar-refractivity contribution >= 4 is 5.97 Å². The molecule has 0 amide bonds. The lowest BCUT2D eigenvalue weighted by Gasteiger charge is -1.90. The number of hydrogen-bond donors (Lipinski definition) is 0. The van der Waals surface area contributed by atoms with Crippen molar-refractivity contribution < 1.29 is 9.53 Å². The van der Waals surface area contributed by atoms with Crippen LogP contribution in [0.2, 0.25) is 0 Å². The summed E-state index contributed by atoms with van der Waals surface area (Å²) in [6.45, 7) is 7.35. The molecule has 1 rings (SSSR count). The molecule has 76 valence electrons. The summed E-state index contributed by atoms with van der Waals surface area (Å²) < 4.78 is 4.14. The number of ether oxygens (including phenoxy) is 1. The molecule has 0 heterocycles. The molecule has 0 aliphatic carbocycles. The zero-order valence-corrected chi connectivity index (χ0v) is 8.91.